The fourth-order valence-corrected chi connectivity index (χ4v) is 2.11. The van der Waals surface area contributed by atoms with Crippen molar-refractivity contribution in [2.75, 3.05) is 7.11 Å². The molecule has 2 rings (SSSR count). The van der Waals surface area contributed by atoms with Crippen molar-refractivity contribution < 1.29 is 13.5 Å². The third kappa shape index (κ3) is 2.79. The summed E-state index contributed by atoms with van der Waals surface area (Å²) in [5, 5.41) is 0. The lowest BCUT2D eigenvalue weighted by Crippen LogP contribution is -2.29. The van der Waals surface area contributed by atoms with Gasteiger partial charge in [-0.1, -0.05) is 23.8 Å². The molecule has 3 N–H and O–H groups in total. The van der Waals surface area contributed by atoms with Gasteiger partial charge < -0.3 is 4.74 Å². The van der Waals surface area contributed by atoms with E-state index in [2.05, 4.69) is 5.43 Å². The second-order valence-corrected chi connectivity index (χ2v) is 4.52. The zero-order valence-corrected chi connectivity index (χ0v) is 11.3. The standard InChI is InChI=1S/C15H16F2N2O/c1-9-3-5-12(16)11(7-9)15(19-18)10-4-6-14(20-2)13(17)8-10/h3-8,15,19H,18H2,1-2H3. The van der Waals surface area contributed by atoms with E-state index in [9.17, 15) is 8.78 Å². The molecule has 0 aliphatic heterocycles. The van der Waals surface area contributed by atoms with E-state index in [1.807, 2.05) is 6.92 Å². The van der Waals surface area contributed by atoms with Gasteiger partial charge in [0.25, 0.3) is 0 Å². The van der Waals surface area contributed by atoms with Crippen LogP contribution < -0.4 is 16.0 Å². The Morgan fingerprint density at radius 3 is 2.45 bits per heavy atom. The summed E-state index contributed by atoms with van der Waals surface area (Å²) in [6.07, 6.45) is 0. The number of methoxy groups -OCH3 is 1. The van der Waals surface area contributed by atoms with Gasteiger partial charge in [0.2, 0.25) is 0 Å². The summed E-state index contributed by atoms with van der Waals surface area (Å²) >= 11 is 0. The summed E-state index contributed by atoms with van der Waals surface area (Å²) < 4.78 is 32.5. The van der Waals surface area contributed by atoms with Crippen LogP contribution in [0.15, 0.2) is 36.4 Å². The van der Waals surface area contributed by atoms with Gasteiger partial charge in [-0.3, -0.25) is 5.84 Å². The summed E-state index contributed by atoms with van der Waals surface area (Å²) in [5.41, 5.74) is 4.31. The normalized spacial score (nSPS) is 12.2. The van der Waals surface area contributed by atoms with Gasteiger partial charge in [-0.2, -0.15) is 0 Å². The molecule has 20 heavy (non-hydrogen) atoms. The van der Waals surface area contributed by atoms with Crippen LogP contribution in [0.5, 0.6) is 5.75 Å². The van der Waals surface area contributed by atoms with Crippen LogP contribution in [0.2, 0.25) is 0 Å². The predicted octanol–water partition coefficient (Wildman–Crippen LogP) is 2.83. The molecule has 0 heterocycles. The minimum atomic E-state index is -0.629. The molecule has 5 heteroatoms. The summed E-state index contributed by atoms with van der Waals surface area (Å²) in [6, 6.07) is 8.51. The van der Waals surface area contributed by atoms with E-state index in [0.29, 0.717) is 11.1 Å². The Labute approximate surface area is 116 Å². The molecule has 3 nitrogen and oxygen atoms in total. The Kier molecular flexibility index (Phi) is 4.32. The highest BCUT2D eigenvalue weighted by molar-refractivity contribution is 5.38. The van der Waals surface area contributed by atoms with Crippen molar-refractivity contribution >= 4 is 0 Å². The summed E-state index contributed by atoms with van der Waals surface area (Å²) in [6.45, 7) is 1.85. The van der Waals surface area contributed by atoms with Gasteiger partial charge in [0.05, 0.1) is 13.2 Å². The Balaban J connectivity index is 2.46. The second kappa shape index (κ2) is 5.98. The number of hydrazine groups is 1. The van der Waals surface area contributed by atoms with Crippen LogP contribution in [0.4, 0.5) is 8.78 Å². The number of hydrogen-bond acceptors (Lipinski definition) is 3. The largest absolute Gasteiger partial charge is 0.494 e. The number of nitrogens with one attached hydrogen (secondary N) is 1. The van der Waals surface area contributed by atoms with Crippen LogP contribution in [0, 0.1) is 18.6 Å². The molecular formula is C15H16F2N2O. The van der Waals surface area contributed by atoms with Crippen molar-refractivity contribution in [3.63, 3.8) is 0 Å². The molecule has 0 spiro atoms. The summed E-state index contributed by atoms with van der Waals surface area (Å²) in [7, 11) is 1.39. The number of ether oxygens (including phenoxy) is 1. The van der Waals surface area contributed by atoms with E-state index >= 15 is 0 Å². The maximum atomic E-state index is 13.9. The van der Waals surface area contributed by atoms with Crippen LogP contribution in [0.3, 0.4) is 0 Å². The quantitative estimate of drug-likeness (QED) is 0.668. The first-order valence-corrected chi connectivity index (χ1v) is 6.12. The minimum absolute atomic E-state index is 0.134. The molecule has 0 radical (unpaired) electrons. The first-order chi connectivity index (χ1) is 9.56. The molecular weight excluding hydrogens is 262 g/mol. The highest BCUT2D eigenvalue weighted by atomic mass is 19.1. The van der Waals surface area contributed by atoms with E-state index < -0.39 is 17.7 Å². The first kappa shape index (κ1) is 14.4. The number of hydrogen-bond donors (Lipinski definition) is 2. The van der Waals surface area contributed by atoms with Crippen LogP contribution in [-0.2, 0) is 0 Å². The van der Waals surface area contributed by atoms with E-state index in [-0.39, 0.29) is 5.75 Å². The van der Waals surface area contributed by atoms with Crippen molar-refractivity contribution in [3.8, 4) is 5.75 Å². The number of halogens is 2. The minimum Gasteiger partial charge on any atom is -0.494 e. The van der Waals surface area contributed by atoms with Crippen molar-refractivity contribution in [1.82, 2.24) is 5.43 Å². The molecule has 2 aromatic carbocycles. The summed E-state index contributed by atoms with van der Waals surface area (Å²) in [4.78, 5) is 0. The Morgan fingerprint density at radius 2 is 1.85 bits per heavy atom. The van der Waals surface area contributed by atoms with Gasteiger partial charge in [0, 0.05) is 5.56 Å². The maximum absolute atomic E-state index is 13.9. The third-order valence-electron chi connectivity index (χ3n) is 3.14. The molecule has 1 atom stereocenters. The predicted molar refractivity (Wildman–Crippen MR) is 73.3 cm³/mol. The number of benzene rings is 2. The van der Waals surface area contributed by atoms with Crippen molar-refractivity contribution in [3.05, 3.63) is 64.7 Å². The third-order valence-corrected chi connectivity index (χ3v) is 3.14. The average Bonchev–Trinajstić information content (AvgIpc) is 2.44. The lowest BCUT2D eigenvalue weighted by Gasteiger charge is -2.18. The van der Waals surface area contributed by atoms with Crippen LogP contribution >= 0.6 is 0 Å². The van der Waals surface area contributed by atoms with Gasteiger partial charge in [0.15, 0.2) is 11.6 Å². The number of nitrogens with two attached hydrogens (primary N) is 1. The molecule has 0 saturated carbocycles. The van der Waals surface area contributed by atoms with Crippen molar-refractivity contribution in [2.45, 2.75) is 13.0 Å². The monoisotopic (exact) mass is 278 g/mol. The van der Waals surface area contributed by atoms with Gasteiger partial charge in [0.1, 0.15) is 5.82 Å². The highest BCUT2D eigenvalue weighted by Gasteiger charge is 2.18. The van der Waals surface area contributed by atoms with Crippen LogP contribution in [0.25, 0.3) is 0 Å². The van der Waals surface area contributed by atoms with Gasteiger partial charge in [-0.05, 0) is 30.7 Å². The molecule has 0 aliphatic carbocycles. The van der Waals surface area contributed by atoms with Crippen LogP contribution in [-0.4, -0.2) is 7.11 Å². The van der Waals surface area contributed by atoms with Gasteiger partial charge in [-0.15, -0.1) is 0 Å². The molecule has 0 amide bonds. The van der Waals surface area contributed by atoms with Gasteiger partial charge in [-0.25, -0.2) is 14.2 Å². The average molecular weight is 278 g/mol. The molecule has 0 aromatic heterocycles. The SMILES string of the molecule is COc1ccc(C(NN)c2cc(C)ccc2F)cc1F. The zero-order chi connectivity index (χ0) is 14.7. The zero-order valence-electron chi connectivity index (χ0n) is 11.3. The van der Waals surface area contributed by atoms with E-state index in [1.165, 1.54) is 25.3 Å². The molecule has 0 saturated heterocycles. The van der Waals surface area contributed by atoms with Crippen molar-refractivity contribution in [2.24, 2.45) is 5.84 Å². The Hall–Kier alpha value is -1.98. The lowest BCUT2D eigenvalue weighted by molar-refractivity contribution is 0.385. The number of rotatable bonds is 4. The lowest BCUT2D eigenvalue weighted by atomic mass is 9.97. The van der Waals surface area contributed by atoms with E-state index in [4.69, 9.17) is 10.6 Å². The van der Waals surface area contributed by atoms with Crippen molar-refractivity contribution in [1.29, 1.82) is 0 Å². The highest BCUT2D eigenvalue weighted by Crippen LogP contribution is 2.28. The van der Waals surface area contributed by atoms with Gasteiger partial charge >= 0.3 is 0 Å². The number of aryl methyl sites for hydroxylation is 1. The summed E-state index contributed by atoms with van der Waals surface area (Å²) in [5.74, 6) is 4.73. The second-order valence-electron chi connectivity index (χ2n) is 4.52. The van der Waals surface area contributed by atoms with E-state index in [0.717, 1.165) is 5.56 Å². The van der Waals surface area contributed by atoms with E-state index in [1.54, 1.807) is 18.2 Å². The molecule has 1 unspecified atom stereocenters. The molecule has 106 valence electrons. The molecule has 2 aromatic rings. The topological polar surface area (TPSA) is 47.3 Å². The molecule has 0 bridgehead atoms. The van der Waals surface area contributed by atoms with Crippen LogP contribution in [0.1, 0.15) is 22.7 Å². The fourth-order valence-electron chi connectivity index (χ4n) is 2.11. The maximum Gasteiger partial charge on any atom is 0.165 e. The Bertz CT molecular complexity index is 617. The molecule has 0 aliphatic rings. The first-order valence-electron chi connectivity index (χ1n) is 6.12. The fraction of sp³-hybridized carbons (Fsp3) is 0.200. The Morgan fingerprint density at radius 1 is 1.10 bits per heavy atom. The molecule has 0 fully saturated rings. The smallest absolute Gasteiger partial charge is 0.165 e.